The van der Waals surface area contributed by atoms with E-state index < -0.39 is 17.6 Å². The average molecular weight is 493 g/mol. The molecule has 7 nitrogen and oxygen atoms in total. The number of amides is 2. The summed E-state index contributed by atoms with van der Waals surface area (Å²) in [6.45, 7) is 5.62. The number of carbonyl (C=O) groups is 2. The molecule has 0 unspecified atom stereocenters. The lowest BCUT2D eigenvalue weighted by atomic mass is 10.2. The van der Waals surface area contributed by atoms with Crippen molar-refractivity contribution in [2.24, 2.45) is 0 Å². The van der Waals surface area contributed by atoms with Crippen LogP contribution < -0.4 is 15.4 Å². The van der Waals surface area contributed by atoms with Crippen molar-refractivity contribution in [2.45, 2.75) is 19.0 Å². The number of alkyl halides is 3. The molecule has 0 saturated carbocycles. The van der Waals surface area contributed by atoms with E-state index in [1.807, 2.05) is 0 Å². The molecule has 0 atom stereocenters. The van der Waals surface area contributed by atoms with Crippen LogP contribution in [0, 0.1) is 0 Å². The molecule has 190 valence electrons. The van der Waals surface area contributed by atoms with Crippen LogP contribution in [-0.4, -0.2) is 74.5 Å². The highest BCUT2D eigenvalue weighted by molar-refractivity contribution is 5.94. The summed E-state index contributed by atoms with van der Waals surface area (Å²) < 4.78 is 43.7. The Labute approximate surface area is 203 Å². The van der Waals surface area contributed by atoms with Gasteiger partial charge in [0.05, 0.1) is 5.56 Å². The highest BCUT2D eigenvalue weighted by Gasteiger charge is 2.30. The van der Waals surface area contributed by atoms with Crippen molar-refractivity contribution >= 4 is 17.5 Å². The Morgan fingerprint density at radius 3 is 2.40 bits per heavy atom. The third-order valence-electron chi connectivity index (χ3n) is 5.74. The van der Waals surface area contributed by atoms with Gasteiger partial charge < -0.3 is 25.2 Å². The predicted molar refractivity (Wildman–Crippen MR) is 128 cm³/mol. The molecule has 1 aliphatic heterocycles. The summed E-state index contributed by atoms with van der Waals surface area (Å²) in [7, 11) is 2.13. The second kappa shape index (κ2) is 12.6. The van der Waals surface area contributed by atoms with Crippen molar-refractivity contribution in [3.05, 3.63) is 59.7 Å². The SMILES string of the molecule is CN1CCN(CCCCNC(=O)c2ccc(OCC(=O)Nc3cccc(C(F)(F)F)c3)cc2)CC1. The van der Waals surface area contributed by atoms with Gasteiger partial charge in [0.2, 0.25) is 0 Å². The Morgan fingerprint density at radius 2 is 1.71 bits per heavy atom. The predicted octanol–water partition coefficient (Wildman–Crippen LogP) is 3.48. The Morgan fingerprint density at radius 1 is 1.00 bits per heavy atom. The first kappa shape index (κ1) is 26.5. The zero-order valence-corrected chi connectivity index (χ0v) is 19.7. The number of anilines is 1. The number of likely N-dealkylation sites (N-methyl/N-ethyl adjacent to an activating group) is 1. The molecule has 3 rings (SSSR count). The van der Waals surface area contributed by atoms with Crippen molar-refractivity contribution in [3.63, 3.8) is 0 Å². The molecule has 1 saturated heterocycles. The summed E-state index contributed by atoms with van der Waals surface area (Å²) in [4.78, 5) is 29.1. The van der Waals surface area contributed by atoms with Crippen LogP contribution >= 0.6 is 0 Å². The molecule has 2 aromatic carbocycles. The molecule has 2 amide bonds. The molecular weight excluding hydrogens is 461 g/mol. The smallest absolute Gasteiger partial charge is 0.416 e. The average Bonchev–Trinajstić information content (AvgIpc) is 2.83. The second-order valence-electron chi connectivity index (χ2n) is 8.55. The van der Waals surface area contributed by atoms with Crippen LogP contribution in [0.1, 0.15) is 28.8 Å². The van der Waals surface area contributed by atoms with Crippen LogP contribution in [0.5, 0.6) is 5.75 Å². The van der Waals surface area contributed by atoms with Gasteiger partial charge in [0.1, 0.15) is 5.75 Å². The van der Waals surface area contributed by atoms with E-state index in [9.17, 15) is 22.8 Å². The van der Waals surface area contributed by atoms with E-state index in [2.05, 4.69) is 27.5 Å². The van der Waals surface area contributed by atoms with Crippen molar-refractivity contribution < 1.29 is 27.5 Å². The minimum Gasteiger partial charge on any atom is -0.484 e. The Bertz CT molecular complexity index is 975. The lowest BCUT2D eigenvalue weighted by Gasteiger charge is -2.32. The maximum Gasteiger partial charge on any atom is 0.416 e. The van der Waals surface area contributed by atoms with Gasteiger partial charge in [-0.1, -0.05) is 6.07 Å². The van der Waals surface area contributed by atoms with E-state index in [4.69, 9.17) is 4.74 Å². The first-order chi connectivity index (χ1) is 16.7. The number of hydrogen-bond donors (Lipinski definition) is 2. The molecule has 0 bridgehead atoms. The number of ether oxygens (including phenoxy) is 1. The summed E-state index contributed by atoms with van der Waals surface area (Å²) in [6, 6.07) is 10.7. The Kier molecular flexibility index (Phi) is 9.50. The molecule has 10 heteroatoms. The summed E-state index contributed by atoms with van der Waals surface area (Å²) in [6.07, 6.45) is -2.56. The minimum atomic E-state index is -4.49. The maximum absolute atomic E-state index is 12.8. The lowest BCUT2D eigenvalue weighted by molar-refractivity contribution is -0.137. The first-order valence-corrected chi connectivity index (χ1v) is 11.6. The molecule has 2 N–H and O–H groups in total. The number of piperazine rings is 1. The number of nitrogens with zero attached hydrogens (tertiary/aromatic N) is 2. The molecule has 0 aromatic heterocycles. The third-order valence-corrected chi connectivity index (χ3v) is 5.74. The van der Waals surface area contributed by atoms with E-state index in [1.165, 1.54) is 12.1 Å². The van der Waals surface area contributed by atoms with Crippen molar-refractivity contribution in [2.75, 3.05) is 58.2 Å². The number of unbranched alkanes of at least 4 members (excludes halogenated alkanes) is 1. The Balaban J connectivity index is 1.34. The normalized spacial score (nSPS) is 15.0. The van der Waals surface area contributed by atoms with Crippen molar-refractivity contribution in [3.8, 4) is 5.75 Å². The van der Waals surface area contributed by atoms with E-state index >= 15 is 0 Å². The molecule has 35 heavy (non-hydrogen) atoms. The highest BCUT2D eigenvalue weighted by Crippen LogP contribution is 2.30. The molecule has 1 heterocycles. The van der Waals surface area contributed by atoms with Crippen LogP contribution in [0.15, 0.2) is 48.5 Å². The standard InChI is InChI=1S/C25H31F3N4O3/c1-31-13-15-32(16-14-31)12-3-2-11-29-24(34)19-7-9-22(10-8-19)35-18-23(33)30-21-6-4-5-20(17-21)25(26,27)28/h4-10,17H,2-3,11-16,18H2,1H3,(H,29,34)(H,30,33). The Hall–Kier alpha value is -3.11. The molecule has 1 fully saturated rings. The first-order valence-electron chi connectivity index (χ1n) is 11.6. The topological polar surface area (TPSA) is 73.9 Å². The number of benzene rings is 2. The monoisotopic (exact) mass is 492 g/mol. The number of carbonyl (C=O) groups excluding carboxylic acids is 2. The summed E-state index contributed by atoms with van der Waals surface area (Å²) in [5.41, 5.74) is -0.339. The van der Waals surface area contributed by atoms with Gasteiger partial charge in [0.15, 0.2) is 6.61 Å². The molecule has 0 spiro atoms. The zero-order valence-electron chi connectivity index (χ0n) is 19.7. The van der Waals surface area contributed by atoms with Gasteiger partial charge in [-0.05, 0) is 68.9 Å². The molecule has 0 radical (unpaired) electrons. The number of hydrogen-bond acceptors (Lipinski definition) is 5. The van der Waals surface area contributed by atoms with Gasteiger partial charge in [-0.3, -0.25) is 9.59 Å². The maximum atomic E-state index is 12.8. The fourth-order valence-electron chi connectivity index (χ4n) is 3.66. The van der Waals surface area contributed by atoms with Crippen LogP contribution in [0.25, 0.3) is 0 Å². The van der Waals surface area contributed by atoms with E-state index in [0.717, 1.165) is 57.7 Å². The van der Waals surface area contributed by atoms with Crippen LogP contribution in [0.2, 0.25) is 0 Å². The lowest BCUT2D eigenvalue weighted by Crippen LogP contribution is -2.44. The zero-order chi connectivity index (χ0) is 25.3. The van der Waals surface area contributed by atoms with Crippen LogP contribution in [0.3, 0.4) is 0 Å². The third kappa shape index (κ3) is 8.88. The van der Waals surface area contributed by atoms with Gasteiger partial charge >= 0.3 is 6.18 Å². The summed E-state index contributed by atoms with van der Waals surface area (Å²) in [5.74, 6) is -0.408. The van der Waals surface area contributed by atoms with Crippen LogP contribution in [-0.2, 0) is 11.0 Å². The van der Waals surface area contributed by atoms with Crippen molar-refractivity contribution in [1.29, 1.82) is 0 Å². The number of nitrogens with one attached hydrogen (secondary N) is 2. The van der Waals surface area contributed by atoms with Gasteiger partial charge in [0.25, 0.3) is 11.8 Å². The molecule has 1 aliphatic rings. The number of halogens is 3. The van der Waals surface area contributed by atoms with E-state index in [1.54, 1.807) is 24.3 Å². The molecular formula is C25H31F3N4O3. The molecule has 0 aliphatic carbocycles. The number of rotatable bonds is 10. The fraction of sp³-hybridized carbons (Fsp3) is 0.440. The fourth-order valence-corrected chi connectivity index (χ4v) is 3.66. The van der Waals surface area contributed by atoms with Gasteiger partial charge in [-0.2, -0.15) is 13.2 Å². The largest absolute Gasteiger partial charge is 0.484 e. The minimum absolute atomic E-state index is 0.0315. The summed E-state index contributed by atoms with van der Waals surface area (Å²) in [5, 5.41) is 5.28. The summed E-state index contributed by atoms with van der Waals surface area (Å²) >= 11 is 0. The molecule has 2 aromatic rings. The highest BCUT2D eigenvalue weighted by atomic mass is 19.4. The van der Waals surface area contributed by atoms with Crippen LogP contribution in [0.4, 0.5) is 18.9 Å². The quantitative estimate of drug-likeness (QED) is 0.497. The van der Waals surface area contributed by atoms with Crippen molar-refractivity contribution in [1.82, 2.24) is 15.1 Å². The van der Waals surface area contributed by atoms with Gasteiger partial charge in [-0.15, -0.1) is 0 Å². The van der Waals surface area contributed by atoms with Gasteiger partial charge in [0, 0.05) is 44.0 Å². The van der Waals surface area contributed by atoms with Gasteiger partial charge in [-0.25, -0.2) is 0 Å². The van der Waals surface area contributed by atoms with E-state index in [0.29, 0.717) is 17.9 Å². The second-order valence-corrected chi connectivity index (χ2v) is 8.55. The van der Waals surface area contributed by atoms with E-state index in [-0.39, 0.29) is 18.2 Å².